The highest BCUT2D eigenvalue weighted by molar-refractivity contribution is 5.46. The van der Waals surface area contributed by atoms with Crippen LogP contribution in [0.3, 0.4) is 0 Å². The van der Waals surface area contributed by atoms with Crippen molar-refractivity contribution in [2.45, 2.75) is 18.4 Å². The normalized spacial score (nSPS) is 23.8. The molecule has 0 amide bonds. The van der Waals surface area contributed by atoms with Crippen molar-refractivity contribution in [1.29, 1.82) is 0 Å². The second-order valence-electron chi connectivity index (χ2n) is 4.40. The van der Waals surface area contributed by atoms with Gasteiger partial charge in [0.2, 0.25) is 0 Å². The summed E-state index contributed by atoms with van der Waals surface area (Å²) in [4.78, 5) is 2.37. The molecule has 3 rings (SSSR count). The average molecular weight is 189 g/mol. The Bertz CT molecular complexity index is 353. The van der Waals surface area contributed by atoms with Crippen LogP contribution in [0.4, 0.5) is 0 Å². The van der Waals surface area contributed by atoms with Crippen molar-refractivity contribution in [1.82, 2.24) is 4.90 Å². The van der Waals surface area contributed by atoms with Crippen molar-refractivity contribution in [3.63, 3.8) is 0 Å². The van der Waals surface area contributed by atoms with Crippen LogP contribution in [0.1, 0.15) is 18.4 Å². The van der Waals surface area contributed by atoms with Crippen molar-refractivity contribution in [2.24, 2.45) is 0 Å². The molecule has 2 heterocycles. The van der Waals surface area contributed by atoms with E-state index < -0.39 is 0 Å². The lowest BCUT2D eigenvalue weighted by molar-refractivity contribution is -0.0381. The maximum Gasteiger partial charge on any atom is 0.140 e. The summed E-state index contributed by atoms with van der Waals surface area (Å²) in [7, 11) is 2.18. The topological polar surface area (TPSA) is 12.5 Å². The molecular formula is C12H15NO. The van der Waals surface area contributed by atoms with E-state index in [0.29, 0.717) is 0 Å². The molecule has 1 aromatic rings. The van der Waals surface area contributed by atoms with Gasteiger partial charge in [0.15, 0.2) is 0 Å². The van der Waals surface area contributed by atoms with Gasteiger partial charge in [-0.15, -0.1) is 0 Å². The predicted molar refractivity (Wildman–Crippen MR) is 55.5 cm³/mol. The first kappa shape index (κ1) is 8.30. The second kappa shape index (κ2) is 2.74. The number of ether oxygens (including phenoxy) is 1. The minimum absolute atomic E-state index is 0.0725. The van der Waals surface area contributed by atoms with Gasteiger partial charge < -0.3 is 9.64 Å². The Balaban J connectivity index is 1.89. The first-order valence-corrected chi connectivity index (χ1v) is 5.27. The number of para-hydroxylation sites is 1. The second-order valence-corrected chi connectivity index (χ2v) is 4.40. The molecule has 2 heteroatoms. The van der Waals surface area contributed by atoms with Gasteiger partial charge in [-0.1, -0.05) is 18.2 Å². The Kier molecular flexibility index (Phi) is 1.62. The number of piperidine rings is 1. The molecule has 0 atom stereocenters. The van der Waals surface area contributed by atoms with Gasteiger partial charge in [0, 0.05) is 31.5 Å². The third-order valence-electron chi connectivity index (χ3n) is 3.48. The lowest BCUT2D eigenvalue weighted by Crippen LogP contribution is -2.49. The molecule has 74 valence electrons. The third kappa shape index (κ3) is 1.01. The molecule has 2 aliphatic heterocycles. The molecular weight excluding hydrogens is 174 g/mol. The van der Waals surface area contributed by atoms with Crippen LogP contribution in [0.2, 0.25) is 0 Å². The molecule has 1 spiro atoms. The van der Waals surface area contributed by atoms with Crippen LogP contribution in [0.5, 0.6) is 5.75 Å². The number of rotatable bonds is 0. The third-order valence-corrected chi connectivity index (χ3v) is 3.48. The fourth-order valence-electron chi connectivity index (χ4n) is 2.50. The Morgan fingerprint density at radius 1 is 1.21 bits per heavy atom. The SMILES string of the molecule is CN1CCC2(CC1)Oc1ccccc12. The Morgan fingerprint density at radius 3 is 2.64 bits per heavy atom. The number of benzene rings is 1. The molecule has 1 saturated heterocycles. The van der Waals surface area contributed by atoms with E-state index in [1.54, 1.807) is 0 Å². The Hall–Kier alpha value is -1.02. The van der Waals surface area contributed by atoms with Crippen molar-refractivity contribution in [2.75, 3.05) is 20.1 Å². The van der Waals surface area contributed by atoms with E-state index in [4.69, 9.17) is 4.74 Å². The molecule has 0 aliphatic carbocycles. The molecule has 1 aromatic carbocycles. The van der Waals surface area contributed by atoms with E-state index in [9.17, 15) is 0 Å². The maximum absolute atomic E-state index is 5.93. The van der Waals surface area contributed by atoms with E-state index in [1.807, 2.05) is 6.07 Å². The van der Waals surface area contributed by atoms with Crippen LogP contribution in [-0.4, -0.2) is 25.0 Å². The van der Waals surface area contributed by atoms with Gasteiger partial charge in [-0.05, 0) is 13.1 Å². The van der Waals surface area contributed by atoms with Gasteiger partial charge in [0.1, 0.15) is 11.4 Å². The molecule has 0 N–H and O–H groups in total. The fraction of sp³-hybridized carbons (Fsp3) is 0.500. The van der Waals surface area contributed by atoms with Crippen LogP contribution in [0.15, 0.2) is 24.3 Å². The van der Waals surface area contributed by atoms with E-state index in [1.165, 1.54) is 5.56 Å². The molecule has 0 radical (unpaired) electrons. The number of hydrogen-bond donors (Lipinski definition) is 0. The monoisotopic (exact) mass is 189 g/mol. The maximum atomic E-state index is 5.93. The number of fused-ring (bicyclic) bond motifs is 2. The highest BCUT2D eigenvalue weighted by Crippen LogP contribution is 2.49. The van der Waals surface area contributed by atoms with Crippen LogP contribution in [0, 0.1) is 0 Å². The molecule has 1 fully saturated rings. The first-order valence-electron chi connectivity index (χ1n) is 5.27. The highest BCUT2D eigenvalue weighted by atomic mass is 16.5. The number of likely N-dealkylation sites (tertiary alicyclic amines) is 1. The molecule has 2 aliphatic rings. The van der Waals surface area contributed by atoms with Gasteiger partial charge in [-0.25, -0.2) is 0 Å². The van der Waals surface area contributed by atoms with E-state index in [0.717, 1.165) is 31.7 Å². The zero-order valence-corrected chi connectivity index (χ0v) is 8.49. The zero-order chi connectivity index (χ0) is 9.60. The molecule has 0 bridgehead atoms. The van der Waals surface area contributed by atoms with Gasteiger partial charge in [0.05, 0.1) is 0 Å². The van der Waals surface area contributed by atoms with Crippen LogP contribution < -0.4 is 4.74 Å². The molecule has 0 aromatic heterocycles. The van der Waals surface area contributed by atoms with Crippen molar-refractivity contribution in [3.05, 3.63) is 29.8 Å². The number of hydrogen-bond acceptors (Lipinski definition) is 2. The van der Waals surface area contributed by atoms with Crippen LogP contribution >= 0.6 is 0 Å². The molecule has 2 nitrogen and oxygen atoms in total. The van der Waals surface area contributed by atoms with Crippen molar-refractivity contribution in [3.8, 4) is 5.75 Å². The minimum atomic E-state index is 0.0725. The van der Waals surface area contributed by atoms with Crippen molar-refractivity contribution < 1.29 is 4.74 Å². The van der Waals surface area contributed by atoms with E-state index in [2.05, 4.69) is 30.1 Å². The first-order chi connectivity index (χ1) is 6.80. The van der Waals surface area contributed by atoms with Crippen LogP contribution in [0.25, 0.3) is 0 Å². The Labute approximate surface area is 84.5 Å². The summed E-state index contributed by atoms with van der Waals surface area (Å²) < 4.78 is 5.93. The van der Waals surface area contributed by atoms with Gasteiger partial charge in [-0.3, -0.25) is 0 Å². The summed E-state index contributed by atoms with van der Waals surface area (Å²) in [5, 5.41) is 0. The lowest BCUT2D eigenvalue weighted by atomic mass is 9.80. The average Bonchev–Trinajstić information content (AvgIpc) is 2.19. The molecule has 0 unspecified atom stereocenters. The largest absolute Gasteiger partial charge is 0.482 e. The fourth-order valence-corrected chi connectivity index (χ4v) is 2.50. The smallest absolute Gasteiger partial charge is 0.140 e. The zero-order valence-electron chi connectivity index (χ0n) is 8.49. The Morgan fingerprint density at radius 2 is 1.93 bits per heavy atom. The van der Waals surface area contributed by atoms with E-state index >= 15 is 0 Å². The number of nitrogens with zero attached hydrogens (tertiary/aromatic N) is 1. The summed E-state index contributed by atoms with van der Waals surface area (Å²) in [6.45, 7) is 2.29. The predicted octanol–water partition coefficient (Wildman–Crippen LogP) is 2.00. The van der Waals surface area contributed by atoms with E-state index in [-0.39, 0.29) is 5.60 Å². The lowest BCUT2D eigenvalue weighted by Gasteiger charge is -2.48. The quantitative estimate of drug-likeness (QED) is 0.619. The van der Waals surface area contributed by atoms with Gasteiger partial charge in [-0.2, -0.15) is 0 Å². The summed E-state index contributed by atoms with van der Waals surface area (Å²) in [6.07, 6.45) is 2.28. The summed E-state index contributed by atoms with van der Waals surface area (Å²) in [5.41, 5.74) is 1.50. The molecule has 14 heavy (non-hydrogen) atoms. The summed E-state index contributed by atoms with van der Waals surface area (Å²) in [6, 6.07) is 8.44. The summed E-state index contributed by atoms with van der Waals surface area (Å²) >= 11 is 0. The van der Waals surface area contributed by atoms with Crippen LogP contribution in [-0.2, 0) is 5.60 Å². The molecule has 0 saturated carbocycles. The standard InChI is InChI=1S/C12H15NO/c1-13-8-6-12(7-9-13)10-4-2-3-5-11(10)14-12/h2-5H,6-9H2,1H3. The minimum Gasteiger partial charge on any atom is -0.482 e. The summed E-state index contributed by atoms with van der Waals surface area (Å²) in [5.74, 6) is 1.09. The van der Waals surface area contributed by atoms with Crippen molar-refractivity contribution >= 4 is 0 Å². The highest BCUT2D eigenvalue weighted by Gasteiger charge is 2.46. The van der Waals surface area contributed by atoms with Gasteiger partial charge >= 0.3 is 0 Å². The van der Waals surface area contributed by atoms with Gasteiger partial charge in [0.25, 0.3) is 0 Å².